The van der Waals surface area contributed by atoms with Crippen LogP contribution in [-0.2, 0) is 0 Å². The highest BCUT2D eigenvalue weighted by atomic mass is 19.1. The molecule has 0 atom stereocenters. The van der Waals surface area contributed by atoms with Crippen molar-refractivity contribution < 1.29 is 9.18 Å². The second kappa shape index (κ2) is 8.53. The summed E-state index contributed by atoms with van der Waals surface area (Å²) in [6, 6.07) is 16.2. The Morgan fingerprint density at radius 2 is 1.90 bits per heavy atom. The zero-order chi connectivity index (χ0) is 21.1. The number of carbonyl (C=O) groups excluding carboxylic acids is 1. The Hall–Kier alpha value is -3.41. The molecule has 5 nitrogen and oxygen atoms in total. The van der Waals surface area contributed by atoms with Crippen molar-refractivity contribution in [3.8, 4) is 16.9 Å². The van der Waals surface area contributed by atoms with E-state index in [0.29, 0.717) is 12.2 Å². The average molecular weight is 404 g/mol. The smallest absolute Gasteiger partial charge is 0.274 e. The molecule has 3 aromatic heterocycles. The molecule has 0 saturated carbocycles. The molecule has 1 aromatic carbocycles. The largest absolute Gasteiger partial charge is 0.338 e. The van der Waals surface area contributed by atoms with E-state index in [1.165, 1.54) is 12.1 Å². The first-order valence-corrected chi connectivity index (χ1v) is 10.3. The van der Waals surface area contributed by atoms with Crippen molar-refractivity contribution in [3.05, 3.63) is 78.5 Å². The van der Waals surface area contributed by atoms with Gasteiger partial charge >= 0.3 is 0 Å². The molecule has 0 bridgehead atoms. The lowest BCUT2D eigenvalue weighted by atomic mass is 10.1. The van der Waals surface area contributed by atoms with Gasteiger partial charge in [-0.05, 0) is 60.9 Å². The highest BCUT2D eigenvalue weighted by Gasteiger charge is 2.17. The number of halogens is 1. The molecule has 0 spiro atoms. The quantitative estimate of drug-likeness (QED) is 0.425. The molecule has 0 aliphatic heterocycles. The minimum Gasteiger partial charge on any atom is -0.338 e. The minimum absolute atomic E-state index is 0.0500. The average Bonchev–Trinajstić information content (AvgIpc) is 3.40. The minimum atomic E-state index is -0.265. The highest BCUT2D eigenvalue weighted by molar-refractivity contribution is 5.92. The zero-order valence-corrected chi connectivity index (χ0v) is 17.3. The van der Waals surface area contributed by atoms with E-state index >= 15 is 0 Å². The van der Waals surface area contributed by atoms with Gasteiger partial charge in [0, 0.05) is 31.0 Å². The van der Waals surface area contributed by atoms with Gasteiger partial charge < -0.3 is 9.30 Å². The molecule has 0 N–H and O–H groups in total. The van der Waals surface area contributed by atoms with Gasteiger partial charge in [0.25, 0.3) is 5.91 Å². The van der Waals surface area contributed by atoms with Crippen LogP contribution in [0.5, 0.6) is 0 Å². The van der Waals surface area contributed by atoms with Gasteiger partial charge in [-0.1, -0.05) is 31.5 Å². The number of aromatic nitrogens is 3. The molecule has 4 aromatic rings. The van der Waals surface area contributed by atoms with Crippen molar-refractivity contribution in [2.45, 2.75) is 26.7 Å². The van der Waals surface area contributed by atoms with Crippen molar-refractivity contribution in [1.82, 2.24) is 19.1 Å². The van der Waals surface area contributed by atoms with Crippen LogP contribution in [0.2, 0.25) is 0 Å². The van der Waals surface area contributed by atoms with Crippen molar-refractivity contribution >= 4 is 11.4 Å². The van der Waals surface area contributed by atoms with E-state index in [4.69, 9.17) is 0 Å². The van der Waals surface area contributed by atoms with E-state index in [-0.39, 0.29) is 11.7 Å². The van der Waals surface area contributed by atoms with Crippen molar-refractivity contribution in [2.24, 2.45) is 0 Å². The molecule has 0 radical (unpaired) electrons. The van der Waals surface area contributed by atoms with Gasteiger partial charge in [-0.25, -0.2) is 9.07 Å². The van der Waals surface area contributed by atoms with E-state index in [0.717, 1.165) is 41.8 Å². The summed E-state index contributed by atoms with van der Waals surface area (Å²) in [4.78, 5) is 14.6. The van der Waals surface area contributed by atoms with Gasteiger partial charge in [-0.15, -0.1) is 0 Å². The van der Waals surface area contributed by atoms with Crippen LogP contribution in [-0.4, -0.2) is 38.1 Å². The summed E-state index contributed by atoms with van der Waals surface area (Å²) in [7, 11) is 0. The van der Waals surface area contributed by atoms with Gasteiger partial charge in [0.05, 0.1) is 0 Å². The summed E-state index contributed by atoms with van der Waals surface area (Å²) >= 11 is 0. The molecule has 3 heterocycles. The first-order valence-electron chi connectivity index (χ1n) is 10.3. The third-order valence-electron chi connectivity index (χ3n) is 5.28. The van der Waals surface area contributed by atoms with E-state index < -0.39 is 0 Å². The molecule has 0 unspecified atom stereocenters. The number of benzene rings is 1. The maximum Gasteiger partial charge on any atom is 0.274 e. The van der Waals surface area contributed by atoms with Gasteiger partial charge in [0.15, 0.2) is 5.69 Å². The molecule has 154 valence electrons. The predicted octanol–water partition coefficient (Wildman–Crippen LogP) is 5.19. The van der Waals surface area contributed by atoms with Crippen molar-refractivity contribution in [2.75, 3.05) is 13.1 Å². The third-order valence-corrected chi connectivity index (χ3v) is 5.28. The molecule has 30 heavy (non-hydrogen) atoms. The topological polar surface area (TPSA) is 42.5 Å². The lowest BCUT2D eigenvalue weighted by Gasteiger charge is -2.19. The van der Waals surface area contributed by atoms with E-state index in [2.05, 4.69) is 12.0 Å². The summed E-state index contributed by atoms with van der Waals surface area (Å²) in [5, 5.41) is 4.54. The monoisotopic (exact) mass is 404 g/mol. The van der Waals surface area contributed by atoms with Crippen LogP contribution in [0.3, 0.4) is 0 Å². The Balaban J connectivity index is 1.67. The fourth-order valence-electron chi connectivity index (χ4n) is 3.59. The summed E-state index contributed by atoms with van der Waals surface area (Å²) < 4.78 is 17.4. The standard InChI is InChI=1S/C24H25FN4O/c1-3-5-14-27(4-2)24(30)22-13-15-29(26-22)23-12-11-21-10-9-19(17-28(21)23)18-7-6-8-20(25)16-18/h6-13,15-17H,3-5,14H2,1-2H3. The fraction of sp³-hybridized carbons (Fsp3) is 0.250. The van der Waals surface area contributed by atoms with Gasteiger partial charge in [-0.3, -0.25) is 4.79 Å². The molecule has 0 aliphatic carbocycles. The maximum atomic E-state index is 13.6. The number of fused-ring (bicyclic) bond motifs is 1. The van der Waals surface area contributed by atoms with Gasteiger partial charge in [0.2, 0.25) is 0 Å². The molecule has 0 aliphatic rings. The second-order valence-corrected chi connectivity index (χ2v) is 7.30. The number of carbonyl (C=O) groups is 1. The first kappa shape index (κ1) is 19.9. The summed E-state index contributed by atoms with van der Waals surface area (Å²) in [6.45, 7) is 5.50. The van der Waals surface area contributed by atoms with Gasteiger partial charge in [-0.2, -0.15) is 5.10 Å². The van der Waals surface area contributed by atoms with Crippen LogP contribution >= 0.6 is 0 Å². The summed E-state index contributed by atoms with van der Waals surface area (Å²) in [6.07, 6.45) is 5.79. The highest BCUT2D eigenvalue weighted by Crippen LogP contribution is 2.23. The molecule has 4 rings (SSSR count). The fourth-order valence-corrected chi connectivity index (χ4v) is 3.59. The molecular formula is C24H25FN4O. The van der Waals surface area contributed by atoms with Crippen LogP contribution in [0.4, 0.5) is 4.39 Å². The van der Waals surface area contributed by atoms with Gasteiger partial charge in [0.1, 0.15) is 11.6 Å². The first-order chi connectivity index (χ1) is 14.6. The summed E-state index contributed by atoms with van der Waals surface area (Å²) in [5.41, 5.74) is 3.14. The van der Waals surface area contributed by atoms with Crippen LogP contribution in [0, 0.1) is 5.82 Å². The number of hydrogen-bond donors (Lipinski definition) is 0. The number of amides is 1. The molecule has 1 amide bonds. The van der Waals surface area contributed by atoms with Crippen LogP contribution in [0.1, 0.15) is 37.2 Å². The molecule has 0 saturated heterocycles. The molecule has 0 fully saturated rings. The number of nitrogens with zero attached hydrogens (tertiary/aromatic N) is 4. The Morgan fingerprint density at radius 3 is 2.67 bits per heavy atom. The normalized spacial score (nSPS) is 11.2. The van der Waals surface area contributed by atoms with Crippen LogP contribution < -0.4 is 0 Å². The lowest BCUT2D eigenvalue weighted by Crippen LogP contribution is -2.32. The van der Waals surface area contributed by atoms with Crippen LogP contribution in [0.25, 0.3) is 22.5 Å². The zero-order valence-electron chi connectivity index (χ0n) is 17.3. The number of pyridine rings is 1. The molecule has 6 heteroatoms. The second-order valence-electron chi connectivity index (χ2n) is 7.30. The van der Waals surface area contributed by atoms with E-state index in [9.17, 15) is 9.18 Å². The lowest BCUT2D eigenvalue weighted by molar-refractivity contribution is 0.0756. The predicted molar refractivity (Wildman–Crippen MR) is 116 cm³/mol. The Bertz CT molecular complexity index is 1180. The SMILES string of the molecule is CCCCN(CC)C(=O)c1ccn(-c2ccc3ccc(-c4cccc(F)c4)cn23)n1. The van der Waals surface area contributed by atoms with E-state index in [1.807, 2.05) is 52.8 Å². The van der Waals surface area contributed by atoms with Crippen molar-refractivity contribution in [3.63, 3.8) is 0 Å². The molecular weight excluding hydrogens is 379 g/mol. The Morgan fingerprint density at radius 1 is 1.07 bits per heavy atom. The Kier molecular flexibility index (Phi) is 5.65. The number of rotatable bonds is 7. The number of hydrogen-bond acceptors (Lipinski definition) is 2. The number of unbranched alkanes of at least 4 members (excludes halogenated alkanes) is 1. The van der Waals surface area contributed by atoms with E-state index in [1.54, 1.807) is 23.0 Å². The Labute approximate surface area is 175 Å². The maximum absolute atomic E-state index is 13.6. The summed E-state index contributed by atoms with van der Waals surface area (Å²) in [5.74, 6) is 0.504. The third kappa shape index (κ3) is 3.85. The van der Waals surface area contributed by atoms with Crippen molar-refractivity contribution in [1.29, 1.82) is 0 Å². The van der Waals surface area contributed by atoms with Crippen LogP contribution in [0.15, 0.2) is 67.0 Å².